The number of fused-ring (bicyclic) bond motifs is 1. The molecule has 4 atom stereocenters. The van der Waals surface area contributed by atoms with E-state index in [-0.39, 0.29) is 46.7 Å². The van der Waals surface area contributed by atoms with Crippen LogP contribution in [0.15, 0.2) is 64.5 Å². The van der Waals surface area contributed by atoms with Crippen molar-refractivity contribution in [2.75, 3.05) is 0 Å². The molecule has 0 spiro atoms. The molecule has 1 saturated heterocycles. The first-order valence-corrected chi connectivity index (χ1v) is 15.4. The average Bonchev–Trinajstić information content (AvgIpc) is 2.91. The maximum atomic E-state index is 15.0. The normalized spacial score (nSPS) is 25.3. The second-order valence-electron chi connectivity index (χ2n) is 14.2. The number of ether oxygens (including phenoxy) is 1. The van der Waals surface area contributed by atoms with Crippen molar-refractivity contribution in [3.8, 4) is 11.5 Å². The van der Waals surface area contributed by atoms with Crippen LogP contribution in [0.5, 0.6) is 11.5 Å². The molecule has 4 unspecified atom stereocenters. The maximum Gasteiger partial charge on any atom is 0.200 e. The highest BCUT2D eigenvalue weighted by atomic mass is 16.5. The number of aromatic hydroxyl groups is 2. The summed E-state index contributed by atoms with van der Waals surface area (Å²) in [7, 11) is 0. The summed E-state index contributed by atoms with van der Waals surface area (Å²) in [5.74, 6) is -2.01. The van der Waals surface area contributed by atoms with Crippen molar-refractivity contribution < 1.29 is 29.3 Å². The van der Waals surface area contributed by atoms with Gasteiger partial charge < -0.3 is 14.9 Å². The molecule has 6 nitrogen and oxygen atoms in total. The molecule has 2 aliphatic rings. The zero-order valence-corrected chi connectivity index (χ0v) is 27.7. The number of Topliss-reactive ketones (excluding diaryl/α,β-unsaturated/α-hetero) is 3. The lowest BCUT2D eigenvalue weighted by molar-refractivity contribution is -0.163. The summed E-state index contributed by atoms with van der Waals surface area (Å²) in [6.07, 6.45) is 8.72. The molecule has 43 heavy (non-hydrogen) atoms. The molecule has 0 bridgehead atoms. The molecule has 1 aliphatic heterocycles. The zero-order valence-electron chi connectivity index (χ0n) is 27.7. The number of carbonyl (C=O) groups is 3. The number of phenolic OH excluding ortho intramolecular Hbond substituents is 2. The highest BCUT2D eigenvalue weighted by Gasteiger charge is 2.64. The van der Waals surface area contributed by atoms with E-state index in [9.17, 15) is 19.8 Å². The predicted molar refractivity (Wildman–Crippen MR) is 171 cm³/mol. The average molecular weight is 591 g/mol. The van der Waals surface area contributed by atoms with E-state index in [1.807, 2.05) is 61.5 Å². The molecule has 1 fully saturated rings. The Kier molecular flexibility index (Phi) is 10.0. The predicted octanol–water partition coefficient (Wildman–Crippen LogP) is 8.59. The van der Waals surface area contributed by atoms with Gasteiger partial charge in [-0.15, -0.1) is 0 Å². The van der Waals surface area contributed by atoms with Gasteiger partial charge in [-0.25, -0.2) is 0 Å². The molecular weight excluding hydrogens is 540 g/mol. The van der Waals surface area contributed by atoms with E-state index in [2.05, 4.69) is 19.1 Å². The van der Waals surface area contributed by atoms with Crippen molar-refractivity contribution in [2.24, 2.45) is 22.7 Å². The molecule has 1 heterocycles. The second kappa shape index (κ2) is 12.7. The van der Waals surface area contributed by atoms with Crippen LogP contribution in [0.4, 0.5) is 0 Å². The van der Waals surface area contributed by atoms with E-state index in [0.29, 0.717) is 19.3 Å². The minimum Gasteiger partial charge on any atom is -0.504 e. The van der Waals surface area contributed by atoms with Gasteiger partial charge in [0.05, 0.1) is 10.8 Å². The Bertz CT molecular complexity index is 1410. The fraction of sp³-hybridized carbons (Fsp3) is 0.541. The smallest absolute Gasteiger partial charge is 0.200 e. The Labute approximate surface area is 257 Å². The van der Waals surface area contributed by atoms with Gasteiger partial charge in [0, 0.05) is 11.5 Å². The van der Waals surface area contributed by atoms with Crippen molar-refractivity contribution in [3.63, 3.8) is 0 Å². The van der Waals surface area contributed by atoms with Gasteiger partial charge in [0.15, 0.2) is 28.8 Å². The Morgan fingerprint density at radius 3 is 2.12 bits per heavy atom. The Balaban J connectivity index is 2.39. The quantitative estimate of drug-likeness (QED) is 0.0930. The van der Waals surface area contributed by atoms with Crippen LogP contribution in [-0.4, -0.2) is 33.2 Å². The van der Waals surface area contributed by atoms with Crippen molar-refractivity contribution >= 4 is 17.3 Å². The lowest BCUT2D eigenvalue weighted by Crippen LogP contribution is -2.60. The number of hydrogen-bond donors (Lipinski definition) is 2. The summed E-state index contributed by atoms with van der Waals surface area (Å²) < 4.78 is 6.77. The van der Waals surface area contributed by atoms with Crippen molar-refractivity contribution in [3.05, 3.63) is 70.0 Å². The van der Waals surface area contributed by atoms with Crippen LogP contribution in [0.25, 0.3) is 0 Å². The van der Waals surface area contributed by atoms with E-state index in [0.717, 1.165) is 18.1 Å². The largest absolute Gasteiger partial charge is 0.504 e. The third-order valence-corrected chi connectivity index (χ3v) is 9.09. The number of carbonyl (C=O) groups excluding carboxylic acids is 3. The van der Waals surface area contributed by atoms with Crippen LogP contribution in [0.2, 0.25) is 0 Å². The second-order valence-corrected chi connectivity index (χ2v) is 14.2. The van der Waals surface area contributed by atoms with E-state index < -0.39 is 33.7 Å². The minimum atomic E-state index is -1.48. The van der Waals surface area contributed by atoms with Crippen molar-refractivity contribution in [1.82, 2.24) is 0 Å². The lowest BCUT2D eigenvalue weighted by Gasteiger charge is -2.55. The Morgan fingerprint density at radius 2 is 1.56 bits per heavy atom. The lowest BCUT2D eigenvalue weighted by atomic mass is 9.52. The van der Waals surface area contributed by atoms with Gasteiger partial charge >= 0.3 is 0 Å². The monoisotopic (exact) mass is 590 g/mol. The van der Waals surface area contributed by atoms with Crippen LogP contribution in [0.3, 0.4) is 0 Å². The third-order valence-electron chi connectivity index (χ3n) is 9.09. The molecule has 1 aromatic carbocycles. The van der Waals surface area contributed by atoms with E-state index >= 15 is 4.79 Å². The summed E-state index contributed by atoms with van der Waals surface area (Å²) in [4.78, 5) is 43.8. The van der Waals surface area contributed by atoms with E-state index in [1.165, 1.54) is 23.3 Å². The molecule has 0 radical (unpaired) electrons. The van der Waals surface area contributed by atoms with Gasteiger partial charge in [0.1, 0.15) is 16.9 Å². The molecule has 1 aromatic rings. The highest BCUT2D eigenvalue weighted by molar-refractivity contribution is 6.34. The minimum absolute atomic E-state index is 0.0410. The van der Waals surface area contributed by atoms with Gasteiger partial charge in [-0.05, 0) is 119 Å². The molecule has 0 amide bonds. The number of phenols is 2. The molecule has 0 aromatic heterocycles. The van der Waals surface area contributed by atoms with Gasteiger partial charge in [0.25, 0.3) is 0 Å². The van der Waals surface area contributed by atoms with Crippen molar-refractivity contribution in [2.45, 2.75) is 107 Å². The van der Waals surface area contributed by atoms with Crippen LogP contribution in [-0.2, 0) is 14.3 Å². The highest BCUT2D eigenvalue weighted by Crippen LogP contribution is 2.59. The summed E-state index contributed by atoms with van der Waals surface area (Å²) in [5, 5.41) is 20.1. The first-order valence-electron chi connectivity index (χ1n) is 15.4. The number of rotatable bonds is 10. The van der Waals surface area contributed by atoms with Crippen LogP contribution >= 0.6 is 0 Å². The molecule has 6 heteroatoms. The number of hydrogen-bond acceptors (Lipinski definition) is 6. The number of ketones is 3. The van der Waals surface area contributed by atoms with E-state index in [1.54, 1.807) is 6.92 Å². The summed E-state index contributed by atoms with van der Waals surface area (Å²) in [5.41, 5.74) is -0.179. The number of benzene rings is 1. The van der Waals surface area contributed by atoms with Gasteiger partial charge in [-0.2, -0.15) is 0 Å². The molecule has 234 valence electrons. The third kappa shape index (κ3) is 6.89. The molecular formula is C37H50O6. The van der Waals surface area contributed by atoms with Crippen LogP contribution in [0, 0.1) is 22.7 Å². The van der Waals surface area contributed by atoms with Crippen LogP contribution < -0.4 is 0 Å². The fourth-order valence-corrected chi connectivity index (χ4v) is 6.44. The standard InChI is InChI=1S/C37H50O6/c1-22(2)11-13-25(7)20-37-21-27(15-12-23(3)4)35(8,9)43-33(37)30(31(40)26-14-16-28(38)29(39)19-26)32(41)36(10,34(37)42)18-17-24(5)6/h11-12,14,16-17,19,25,27,38-39H,13,15,18,20-21H2,1-10H3. The maximum absolute atomic E-state index is 15.0. The zero-order chi connectivity index (χ0) is 32.5. The molecule has 2 N–H and O–H groups in total. The Morgan fingerprint density at radius 1 is 0.953 bits per heavy atom. The molecule has 3 rings (SSSR count). The fourth-order valence-electron chi connectivity index (χ4n) is 6.44. The van der Waals surface area contributed by atoms with Crippen LogP contribution in [0.1, 0.15) is 112 Å². The SMILES string of the molecule is CC(C)=CCC(C)CC12CC(CC=C(C)C)C(C)(C)OC1=C(C(=O)c1ccc(O)c(O)c1)C(=O)C(C)(CC=C(C)C)C2=O. The molecule has 1 aliphatic carbocycles. The Hall–Kier alpha value is -3.41. The van der Waals surface area contributed by atoms with Gasteiger partial charge in [0.2, 0.25) is 0 Å². The summed E-state index contributed by atoms with van der Waals surface area (Å²) >= 11 is 0. The van der Waals surface area contributed by atoms with Gasteiger partial charge in [-0.1, -0.05) is 41.9 Å². The first kappa shape index (κ1) is 34.1. The molecule has 0 saturated carbocycles. The summed E-state index contributed by atoms with van der Waals surface area (Å²) in [6.45, 7) is 19.7. The van der Waals surface area contributed by atoms with E-state index in [4.69, 9.17) is 4.74 Å². The van der Waals surface area contributed by atoms with Gasteiger partial charge in [-0.3, -0.25) is 14.4 Å². The summed E-state index contributed by atoms with van der Waals surface area (Å²) in [6, 6.07) is 3.77. The van der Waals surface area contributed by atoms with Crippen molar-refractivity contribution in [1.29, 1.82) is 0 Å². The first-order chi connectivity index (χ1) is 19.9. The number of allylic oxidation sites excluding steroid dienone is 8. The topological polar surface area (TPSA) is 101 Å².